The second-order valence-electron chi connectivity index (χ2n) is 7.63. The molecule has 2 aliphatic rings. The SMILES string of the molecule is O=C(c1ccc(OC(F)(F)F)cc1)N1CC(CN2CCOc3nc([N+](=O)[O-])cn3CC2)C1. The van der Waals surface area contributed by atoms with Gasteiger partial charge in [-0.1, -0.05) is 0 Å². The predicted molar refractivity (Wildman–Crippen MR) is 103 cm³/mol. The zero-order valence-electron chi connectivity index (χ0n) is 16.8. The van der Waals surface area contributed by atoms with E-state index in [0.717, 1.165) is 18.7 Å². The van der Waals surface area contributed by atoms with E-state index in [2.05, 4.69) is 14.6 Å². The van der Waals surface area contributed by atoms with Crippen molar-refractivity contribution in [2.24, 2.45) is 5.92 Å². The van der Waals surface area contributed by atoms with E-state index in [0.29, 0.717) is 44.9 Å². The van der Waals surface area contributed by atoms with Crippen molar-refractivity contribution >= 4 is 11.7 Å². The van der Waals surface area contributed by atoms with Gasteiger partial charge in [0, 0.05) is 55.7 Å². The topological polar surface area (TPSA) is 103 Å². The first-order valence-corrected chi connectivity index (χ1v) is 9.90. The zero-order chi connectivity index (χ0) is 22.9. The largest absolute Gasteiger partial charge is 0.573 e. The van der Waals surface area contributed by atoms with Crippen LogP contribution in [-0.2, 0) is 6.54 Å². The van der Waals surface area contributed by atoms with Crippen molar-refractivity contribution < 1.29 is 32.4 Å². The number of hydrogen-bond donors (Lipinski definition) is 0. The van der Waals surface area contributed by atoms with Crippen LogP contribution in [0.4, 0.5) is 19.0 Å². The number of alkyl halides is 3. The van der Waals surface area contributed by atoms with E-state index in [1.54, 1.807) is 9.47 Å². The first-order chi connectivity index (χ1) is 15.2. The summed E-state index contributed by atoms with van der Waals surface area (Å²) in [5.74, 6) is -0.616. The van der Waals surface area contributed by atoms with Gasteiger partial charge in [0.15, 0.2) is 0 Å². The van der Waals surface area contributed by atoms with E-state index < -0.39 is 11.3 Å². The van der Waals surface area contributed by atoms with Crippen molar-refractivity contribution in [2.75, 3.05) is 39.3 Å². The molecule has 13 heteroatoms. The maximum Gasteiger partial charge on any atom is 0.573 e. The maximum atomic E-state index is 12.5. The van der Waals surface area contributed by atoms with Gasteiger partial charge >= 0.3 is 18.2 Å². The van der Waals surface area contributed by atoms with Gasteiger partial charge in [0.25, 0.3) is 5.91 Å². The quantitative estimate of drug-likeness (QED) is 0.503. The molecular weight excluding hydrogens is 435 g/mol. The predicted octanol–water partition coefficient (Wildman–Crippen LogP) is 2.16. The first kappa shape index (κ1) is 21.9. The molecule has 172 valence electrons. The average molecular weight is 455 g/mol. The lowest BCUT2D eigenvalue weighted by atomic mass is 9.98. The molecule has 0 saturated carbocycles. The highest BCUT2D eigenvalue weighted by Gasteiger charge is 2.34. The Morgan fingerprint density at radius 3 is 2.59 bits per heavy atom. The van der Waals surface area contributed by atoms with Crippen LogP contribution < -0.4 is 9.47 Å². The number of aromatic nitrogens is 2. The van der Waals surface area contributed by atoms with Crippen LogP contribution in [0.25, 0.3) is 0 Å². The van der Waals surface area contributed by atoms with Crippen LogP contribution in [0.5, 0.6) is 11.8 Å². The van der Waals surface area contributed by atoms with Crippen molar-refractivity contribution in [1.82, 2.24) is 19.4 Å². The highest BCUT2D eigenvalue weighted by molar-refractivity contribution is 5.94. The summed E-state index contributed by atoms with van der Waals surface area (Å²) in [4.78, 5) is 30.5. The van der Waals surface area contributed by atoms with E-state index in [1.807, 2.05) is 0 Å². The second-order valence-corrected chi connectivity index (χ2v) is 7.63. The van der Waals surface area contributed by atoms with Gasteiger partial charge in [-0.3, -0.25) is 14.3 Å². The molecule has 0 radical (unpaired) electrons. The number of halogens is 3. The van der Waals surface area contributed by atoms with Crippen LogP contribution in [0.15, 0.2) is 30.5 Å². The average Bonchev–Trinajstić information content (AvgIpc) is 3.07. The molecule has 1 amide bonds. The van der Waals surface area contributed by atoms with Gasteiger partial charge in [-0.25, -0.2) is 0 Å². The van der Waals surface area contributed by atoms with Crippen LogP contribution >= 0.6 is 0 Å². The molecular formula is C19H20F3N5O5. The lowest BCUT2D eigenvalue weighted by Crippen LogP contribution is -2.54. The molecule has 1 aromatic heterocycles. The van der Waals surface area contributed by atoms with Gasteiger partial charge in [-0.05, 0) is 29.2 Å². The minimum Gasteiger partial charge on any atom is -0.444 e. The summed E-state index contributed by atoms with van der Waals surface area (Å²) in [6, 6.07) is 5.10. The van der Waals surface area contributed by atoms with Crippen molar-refractivity contribution in [3.05, 3.63) is 46.1 Å². The number of nitro groups is 1. The summed E-state index contributed by atoms with van der Waals surface area (Å²) in [6.45, 7) is 3.95. The fraction of sp³-hybridized carbons (Fsp3) is 0.474. The molecule has 0 spiro atoms. The molecule has 0 unspecified atom stereocenters. The van der Waals surface area contributed by atoms with Crippen LogP contribution in [-0.4, -0.2) is 75.9 Å². The number of nitrogens with zero attached hydrogens (tertiary/aromatic N) is 5. The van der Waals surface area contributed by atoms with Crippen LogP contribution in [0.1, 0.15) is 10.4 Å². The molecule has 0 aliphatic carbocycles. The van der Waals surface area contributed by atoms with Gasteiger partial charge in [0.1, 0.15) is 18.6 Å². The molecule has 1 saturated heterocycles. The van der Waals surface area contributed by atoms with Gasteiger partial charge < -0.3 is 24.5 Å². The third-order valence-corrected chi connectivity index (χ3v) is 5.31. The highest BCUT2D eigenvalue weighted by Crippen LogP contribution is 2.25. The Kier molecular flexibility index (Phi) is 5.91. The number of carbonyl (C=O) groups is 1. The number of hydrogen-bond acceptors (Lipinski definition) is 7. The Balaban J connectivity index is 1.26. The van der Waals surface area contributed by atoms with E-state index in [-0.39, 0.29) is 29.4 Å². The molecule has 0 N–H and O–H groups in total. The fourth-order valence-corrected chi connectivity index (χ4v) is 3.76. The Bertz CT molecular complexity index is 988. The third-order valence-electron chi connectivity index (χ3n) is 5.31. The van der Waals surface area contributed by atoms with Gasteiger partial charge in [0.05, 0.1) is 0 Å². The molecule has 32 heavy (non-hydrogen) atoms. The standard InChI is InChI=1S/C19H20F3N5O5/c20-19(21,22)32-15-3-1-14(2-4-15)17(28)26-10-13(11-26)9-24-5-6-25-12-16(27(29)30)23-18(25)31-8-7-24/h1-4,12-13H,5-11H2. The maximum absolute atomic E-state index is 12.5. The summed E-state index contributed by atoms with van der Waals surface area (Å²) in [6.07, 6.45) is -3.42. The van der Waals surface area contributed by atoms with E-state index in [9.17, 15) is 28.1 Å². The monoisotopic (exact) mass is 455 g/mol. The van der Waals surface area contributed by atoms with Crippen molar-refractivity contribution in [3.8, 4) is 11.8 Å². The number of amides is 1. The van der Waals surface area contributed by atoms with E-state index >= 15 is 0 Å². The molecule has 4 rings (SSSR count). The normalized spacial score (nSPS) is 17.5. The number of benzene rings is 1. The molecule has 2 aromatic rings. The zero-order valence-corrected chi connectivity index (χ0v) is 16.8. The summed E-state index contributed by atoms with van der Waals surface area (Å²) in [7, 11) is 0. The molecule has 3 heterocycles. The highest BCUT2D eigenvalue weighted by atomic mass is 19.4. The number of ether oxygens (including phenoxy) is 2. The second kappa shape index (κ2) is 8.65. The lowest BCUT2D eigenvalue weighted by molar-refractivity contribution is -0.389. The lowest BCUT2D eigenvalue weighted by Gasteiger charge is -2.42. The minimum atomic E-state index is -4.78. The Labute approximate surface area is 180 Å². The molecule has 1 fully saturated rings. The van der Waals surface area contributed by atoms with Crippen molar-refractivity contribution in [2.45, 2.75) is 12.9 Å². The number of likely N-dealkylation sites (tertiary alicyclic amines) is 1. The molecule has 0 bridgehead atoms. The van der Waals surface area contributed by atoms with Crippen LogP contribution in [0, 0.1) is 16.0 Å². The molecule has 10 nitrogen and oxygen atoms in total. The molecule has 0 atom stereocenters. The third kappa shape index (κ3) is 5.10. The minimum absolute atomic E-state index is 0.239. The summed E-state index contributed by atoms with van der Waals surface area (Å²) < 4.78 is 47.7. The fourth-order valence-electron chi connectivity index (χ4n) is 3.76. The summed E-state index contributed by atoms with van der Waals surface area (Å²) in [5.41, 5.74) is 0.298. The Morgan fingerprint density at radius 2 is 1.94 bits per heavy atom. The van der Waals surface area contributed by atoms with Crippen molar-refractivity contribution in [3.63, 3.8) is 0 Å². The summed E-state index contributed by atoms with van der Waals surface area (Å²) >= 11 is 0. The van der Waals surface area contributed by atoms with E-state index in [4.69, 9.17) is 4.74 Å². The Morgan fingerprint density at radius 1 is 1.22 bits per heavy atom. The van der Waals surface area contributed by atoms with Crippen molar-refractivity contribution in [1.29, 1.82) is 0 Å². The smallest absolute Gasteiger partial charge is 0.444 e. The van der Waals surface area contributed by atoms with Crippen LogP contribution in [0.2, 0.25) is 0 Å². The summed E-state index contributed by atoms with van der Waals surface area (Å²) in [5, 5.41) is 10.9. The number of imidazole rings is 1. The molecule has 1 aromatic carbocycles. The number of fused-ring (bicyclic) bond motifs is 1. The first-order valence-electron chi connectivity index (χ1n) is 9.90. The van der Waals surface area contributed by atoms with Gasteiger partial charge in [-0.2, -0.15) is 0 Å². The number of rotatable bonds is 5. The van der Waals surface area contributed by atoms with Gasteiger partial charge in [0.2, 0.25) is 0 Å². The van der Waals surface area contributed by atoms with E-state index in [1.165, 1.54) is 18.3 Å². The Hall–Kier alpha value is -3.35. The molecule has 2 aliphatic heterocycles. The van der Waals surface area contributed by atoms with Crippen LogP contribution in [0.3, 0.4) is 0 Å². The number of carbonyl (C=O) groups excluding carboxylic acids is 1. The van der Waals surface area contributed by atoms with Gasteiger partial charge in [-0.15, -0.1) is 13.2 Å².